The Bertz CT molecular complexity index is 597. The fourth-order valence-corrected chi connectivity index (χ4v) is 2.13. The molecule has 0 aliphatic heterocycles. The third-order valence-corrected chi connectivity index (χ3v) is 3.10. The highest BCUT2D eigenvalue weighted by Gasteiger charge is 2.13. The predicted octanol–water partition coefficient (Wildman–Crippen LogP) is 1.94. The third-order valence-electron chi connectivity index (χ3n) is 3.10. The maximum absolute atomic E-state index is 13.6. The van der Waals surface area contributed by atoms with Crippen molar-refractivity contribution < 1.29 is 13.9 Å². The van der Waals surface area contributed by atoms with Gasteiger partial charge in [-0.2, -0.15) is 0 Å². The molecule has 0 saturated heterocycles. The van der Waals surface area contributed by atoms with E-state index in [4.69, 9.17) is 4.74 Å². The van der Waals surface area contributed by atoms with E-state index in [9.17, 15) is 9.18 Å². The topological polar surface area (TPSA) is 74.8 Å². The molecule has 0 heterocycles. The number of amides is 1. The van der Waals surface area contributed by atoms with Crippen molar-refractivity contribution in [3.63, 3.8) is 0 Å². The van der Waals surface area contributed by atoms with Crippen molar-refractivity contribution >= 4 is 11.9 Å². The molecule has 0 aromatic heterocycles. The van der Waals surface area contributed by atoms with Gasteiger partial charge in [0.05, 0.1) is 19.7 Å². The van der Waals surface area contributed by atoms with Gasteiger partial charge in [-0.05, 0) is 45.4 Å². The van der Waals surface area contributed by atoms with E-state index in [1.807, 2.05) is 27.7 Å². The Balaban J connectivity index is 2.69. The van der Waals surface area contributed by atoms with Gasteiger partial charge in [-0.3, -0.25) is 4.79 Å². The lowest BCUT2D eigenvalue weighted by molar-refractivity contribution is -0.121. The minimum Gasteiger partial charge on any atom is -0.380 e. The smallest absolute Gasteiger partial charge is 0.239 e. The van der Waals surface area contributed by atoms with E-state index >= 15 is 0 Å². The number of ether oxygens (including phenoxy) is 1. The Labute approximate surface area is 149 Å². The number of guanidine groups is 1. The van der Waals surface area contributed by atoms with Crippen LogP contribution in [0.2, 0.25) is 0 Å². The highest BCUT2D eigenvalue weighted by Crippen LogP contribution is 2.12. The van der Waals surface area contributed by atoms with Crippen LogP contribution in [-0.4, -0.2) is 37.6 Å². The standard InChI is InChI=1S/C18H29FN4O2/c1-6-20-17(22-11-16(24)23-18(2,3)4)21-10-13-7-8-15(19)14(9-13)12-25-5/h7-9H,6,10-12H2,1-5H3,(H,23,24)(H2,20,21,22). The van der Waals surface area contributed by atoms with E-state index in [0.717, 1.165) is 5.56 Å². The highest BCUT2D eigenvalue weighted by atomic mass is 19.1. The van der Waals surface area contributed by atoms with Crippen LogP contribution in [0.1, 0.15) is 38.8 Å². The molecule has 7 heteroatoms. The first-order valence-corrected chi connectivity index (χ1v) is 8.34. The van der Waals surface area contributed by atoms with Crippen LogP contribution in [-0.2, 0) is 22.7 Å². The number of carbonyl (C=O) groups excluding carboxylic acids is 1. The van der Waals surface area contributed by atoms with Gasteiger partial charge < -0.3 is 20.7 Å². The number of benzene rings is 1. The first-order valence-electron chi connectivity index (χ1n) is 8.34. The molecule has 0 radical (unpaired) electrons. The van der Waals surface area contributed by atoms with Crippen molar-refractivity contribution in [3.8, 4) is 0 Å². The third kappa shape index (κ3) is 8.49. The summed E-state index contributed by atoms with van der Waals surface area (Å²) in [5.41, 5.74) is 1.09. The Kier molecular flexibility index (Phi) is 8.34. The van der Waals surface area contributed by atoms with E-state index < -0.39 is 0 Å². The molecule has 140 valence electrons. The Morgan fingerprint density at radius 1 is 1.28 bits per heavy atom. The summed E-state index contributed by atoms with van der Waals surface area (Å²) in [7, 11) is 1.53. The molecule has 0 saturated carbocycles. The minimum atomic E-state index is -0.293. The van der Waals surface area contributed by atoms with Crippen LogP contribution < -0.4 is 16.0 Å². The Morgan fingerprint density at radius 2 is 2.00 bits per heavy atom. The Morgan fingerprint density at radius 3 is 2.60 bits per heavy atom. The quantitative estimate of drug-likeness (QED) is 0.518. The lowest BCUT2D eigenvalue weighted by Crippen LogP contribution is -2.48. The van der Waals surface area contributed by atoms with Crippen molar-refractivity contribution in [2.24, 2.45) is 4.99 Å². The molecule has 0 bridgehead atoms. The van der Waals surface area contributed by atoms with Crippen molar-refractivity contribution in [2.45, 2.75) is 46.4 Å². The van der Waals surface area contributed by atoms with Crippen LogP contribution >= 0.6 is 0 Å². The number of nitrogens with one attached hydrogen (secondary N) is 3. The number of carbonyl (C=O) groups is 1. The average Bonchev–Trinajstić information content (AvgIpc) is 2.51. The zero-order valence-electron chi connectivity index (χ0n) is 15.7. The van der Waals surface area contributed by atoms with E-state index in [0.29, 0.717) is 24.6 Å². The van der Waals surface area contributed by atoms with Gasteiger partial charge >= 0.3 is 0 Å². The summed E-state index contributed by atoms with van der Waals surface area (Å²) in [5.74, 6) is 0.130. The molecule has 0 spiro atoms. The van der Waals surface area contributed by atoms with Gasteiger partial charge in [0, 0.05) is 24.8 Å². The minimum absolute atomic E-state index is 0.109. The normalized spacial score (nSPS) is 12.0. The molecule has 0 unspecified atom stereocenters. The van der Waals surface area contributed by atoms with Crippen LogP contribution in [0.15, 0.2) is 23.2 Å². The second-order valence-corrected chi connectivity index (χ2v) is 6.71. The molecule has 0 fully saturated rings. The van der Waals surface area contributed by atoms with E-state index in [-0.39, 0.29) is 30.4 Å². The van der Waals surface area contributed by atoms with Crippen molar-refractivity contribution in [1.82, 2.24) is 16.0 Å². The summed E-state index contributed by atoms with van der Waals surface area (Å²) in [5, 5.41) is 8.95. The molecule has 6 nitrogen and oxygen atoms in total. The first kappa shape index (κ1) is 20.9. The van der Waals surface area contributed by atoms with E-state index in [2.05, 4.69) is 20.9 Å². The van der Waals surface area contributed by atoms with Crippen LogP contribution in [0, 0.1) is 5.82 Å². The zero-order chi connectivity index (χ0) is 18.9. The lowest BCUT2D eigenvalue weighted by Gasteiger charge is -2.21. The largest absolute Gasteiger partial charge is 0.380 e. The van der Waals surface area contributed by atoms with Crippen LogP contribution in [0.4, 0.5) is 4.39 Å². The molecule has 0 aliphatic rings. The molecule has 1 aromatic rings. The summed E-state index contributed by atoms with van der Waals surface area (Å²) in [6.45, 7) is 9.11. The van der Waals surface area contributed by atoms with Crippen LogP contribution in [0.3, 0.4) is 0 Å². The highest BCUT2D eigenvalue weighted by molar-refractivity contribution is 5.86. The fraction of sp³-hybridized carbons (Fsp3) is 0.556. The number of hydrogen-bond donors (Lipinski definition) is 3. The van der Waals surface area contributed by atoms with Gasteiger partial charge in [0.2, 0.25) is 5.91 Å². The molecular formula is C18H29FN4O2. The van der Waals surface area contributed by atoms with Crippen molar-refractivity contribution in [2.75, 3.05) is 20.2 Å². The van der Waals surface area contributed by atoms with Crippen LogP contribution in [0.25, 0.3) is 0 Å². The molecule has 1 amide bonds. The molecule has 0 atom stereocenters. The Hall–Kier alpha value is -2.15. The second-order valence-electron chi connectivity index (χ2n) is 6.71. The van der Waals surface area contributed by atoms with Gasteiger partial charge in [-0.1, -0.05) is 6.07 Å². The van der Waals surface area contributed by atoms with E-state index in [1.54, 1.807) is 12.1 Å². The van der Waals surface area contributed by atoms with Gasteiger partial charge in [-0.25, -0.2) is 9.38 Å². The summed E-state index contributed by atoms with van der Waals surface area (Å²) in [6, 6.07) is 4.84. The first-order chi connectivity index (χ1) is 11.7. The number of nitrogens with zero attached hydrogens (tertiary/aromatic N) is 1. The van der Waals surface area contributed by atoms with E-state index in [1.165, 1.54) is 13.2 Å². The summed E-state index contributed by atoms with van der Waals surface area (Å²) in [4.78, 5) is 16.3. The number of hydrogen-bond acceptors (Lipinski definition) is 3. The molecule has 1 aromatic carbocycles. The fourth-order valence-electron chi connectivity index (χ4n) is 2.13. The van der Waals surface area contributed by atoms with Gasteiger partial charge in [0.25, 0.3) is 0 Å². The van der Waals surface area contributed by atoms with Gasteiger partial charge in [-0.15, -0.1) is 0 Å². The SMILES string of the molecule is CCNC(=NCc1ccc(F)c(COC)c1)NCC(=O)NC(C)(C)C. The number of rotatable bonds is 7. The maximum atomic E-state index is 13.6. The van der Waals surface area contributed by atoms with Crippen molar-refractivity contribution in [1.29, 1.82) is 0 Å². The molecule has 3 N–H and O–H groups in total. The zero-order valence-corrected chi connectivity index (χ0v) is 15.7. The average molecular weight is 352 g/mol. The number of aliphatic imine (C=N–C) groups is 1. The summed E-state index contributed by atoms with van der Waals surface area (Å²) < 4.78 is 18.6. The predicted molar refractivity (Wildman–Crippen MR) is 97.8 cm³/mol. The molecular weight excluding hydrogens is 323 g/mol. The monoisotopic (exact) mass is 352 g/mol. The van der Waals surface area contributed by atoms with Crippen LogP contribution in [0.5, 0.6) is 0 Å². The molecule has 25 heavy (non-hydrogen) atoms. The molecule has 0 aliphatic carbocycles. The van der Waals surface area contributed by atoms with Gasteiger partial charge in [0.1, 0.15) is 5.82 Å². The lowest BCUT2D eigenvalue weighted by atomic mass is 10.1. The van der Waals surface area contributed by atoms with Crippen molar-refractivity contribution in [3.05, 3.63) is 35.1 Å². The number of halogens is 1. The summed E-state index contributed by atoms with van der Waals surface area (Å²) in [6.07, 6.45) is 0. The summed E-state index contributed by atoms with van der Waals surface area (Å²) >= 11 is 0. The van der Waals surface area contributed by atoms with Gasteiger partial charge in [0.15, 0.2) is 5.96 Å². The number of methoxy groups -OCH3 is 1. The second kappa shape index (κ2) is 9.98. The maximum Gasteiger partial charge on any atom is 0.239 e. The molecule has 1 rings (SSSR count).